The first-order chi connectivity index (χ1) is 13.5. The first-order valence-electron chi connectivity index (χ1n) is 10.0. The molecule has 0 radical (unpaired) electrons. The number of hydrogen-bond donors (Lipinski definition) is 1. The second-order valence-corrected chi connectivity index (χ2v) is 8.23. The normalized spacial score (nSPS) is 22.6. The molecule has 0 unspecified atom stereocenters. The molecular weight excluding hydrogens is 356 g/mol. The van der Waals surface area contributed by atoms with Gasteiger partial charge in [0.25, 0.3) is 0 Å². The summed E-state index contributed by atoms with van der Waals surface area (Å²) in [5.41, 5.74) is 1.16. The van der Waals surface area contributed by atoms with Crippen molar-refractivity contribution in [3.63, 3.8) is 0 Å². The zero-order valence-corrected chi connectivity index (χ0v) is 16.5. The van der Waals surface area contributed by atoms with Crippen LogP contribution in [-0.2, 0) is 24.4 Å². The third kappa shape index (κ3) is 3.93. The van der Waals surface area contributed by atoms with Crippen molar-refractivity contribution < 1.29 is 9.90 Å². The molecule has 1 amide bonds. The van der Waals surface area contributed by atoms with Gasteiger partial charge >= 0.3 is 0 Å². The van der Waals surface area contributed by atoms with Crippen molar-refractivity contribution in [2.24, 2.45) is 5.92 Å². The second kappa shape index (κ2) is 7.97. The molecule has 2 aromatic rings. The Labute approximate surface area is 165 Å². The minimum absolute atomic E-state index is 0.0299. The molecule has 0 saturated carbocycles. The number of aliphatic hydroxyl groups is 1. The summed E-state index contributed by atoms with van der Waals surface area (Å²) < 4.78 is 2.14. The summed E-state index contributed by atoms with van der Waals surface area (Å²) in [5, 5.41) is 19.1. The number of nitrogens with zero attached hydrogens (tertiary/aromatic N) is 6. The average Bonchev–Trinajstić information content (AvgIpc) is 3.24. The number of carbonyl (C=O) groups excluding carboxylic acids is 1. The van der Waals surface area contributed by atoms with Crippen molar-refractivity contribution in [1.82, 2.24) is 29.5 Å². The maximum absolute atomic E-state index is 12.4. The topological polar surface area (TPSA) is 87.4 Å². The Morgan fingerprint density at radius 1 is 1.25 bits per heavy atom. The fourth-order valence-corrected chi connectivity index (χ4v) is 4.16. The molecule has 150 valence electrons. The van der Waals surface area contributed by atoms with Gasteiger partial charge in [-0.05, 0) is 30.0 Å². The summed E-state index contributed by atoms with van der Waals surface area (Å²) in [7, 11) is 0. The summed E-state index contributed by atoms with van der Waals surface area (Å²) >= 11 is 0. The molecule has 0 aliphatic carbocycles. The molecule has 2 aromatic heterocycles. The number of hydrogen-bond acceptors (Lipinski definition) is 6. The lowest BCUT2D eigenvalue weighted by Crippen LogP contribution is -2.39. The molecule has 2 aliphatic heterocycles. The fourth-order valence-electron chi connectivity index (χ4n) is 4.16. The first-order valence-corrected chi connectivity index (χ1v) is 10.0. The van der Waals surface area contributed by atoms with Crippen molar-refractivity contribution in [3.05, 3.63) is 41.7 Å². The van der Waals surface area contributed by atoms with E-state index in [1.54, 1.807) is 12.4 Å². The maximum atomic E-state index is 12.4. The quantitative estimate of drug-likeness (QED) is 0.838. The molecule has 2 atom stereocenters. The van der Waals surface area contributed by atoms with E-state index in [1.165, 1.54) is 0 Å². The molecule has 0 aromatic carbocycles. The van der Waals surface area contributed by atoms with Crippen LogP contribution in [0.2, 0.25) is 0 Å². The molecule has 1 saturated heterocycles. The Hall–Kier alpha value is -2.32. The van der Waals surface area contributed by atoms with Gasteiger partial charge in [-0.2, -0.15) is 0 Å². The van der Waals surface area contributed by atoms with E-state index in [0.29, 0.717) is 44.9 Å². The molecule has 8 heteroatoms. The molecule has 1 fully saturated rings. The van der Waals surface area contributed by atoms with Gasteiger partial charge in [0.2, 0.25) is 5.91 Å². The molecule has 8 nitrogen and oxygen atoms in total. The van der Waals surface area contributed by atoms with Crippen molar-refractivity contribution >= 4 is 5.91 Å². The lowest BCUT2D eigenvalue weighted by Gasteiger charge is -2.30. The molecule has 4 heterocycles. The fraction of sp³-hybridized carbons (Fsp3) is 0.600. The molecule has 28 heavy (non-hydrogen) atoms. The minimum atomic E-state index is -0.368. The maximum Gasteiger partial charge on any atom is 0.223 e. The van der Waals surface area contributed by atoms with Gasteiger partial charge in [-0.1, -0.05) is 13.8 Å². The van der Waals surface area contributed by atoms with Gasteiger partial charge in [-0.15, -0.1) is 10.2 Å². The Morgan fingerprint density at radius 2 is 2.04 bits per heavy atom. The van der Waals surface area contributed by atoms with E-state index in [4.69, 9.17) is 0 Å². The smallest absolute Gasteiger partial charge is 0.223 e. The van der Waals surface area contributed by atoms with Crippen LogP contribution in [0.25, 0.3) is 0 Å². The van der Waals surface area contributed by atoms with Crippen LogP contribution in [0.1, 0.15) is 49.9 Å². The van der Waals surface area contributed by atoms with Gasteiger partial charge in [0.1, 0.15) is 0 Å². The van der Waals surface area contributed by atoms with Gasteiger partial charge < -0.3 is 14.6 Å². The van der Waals surface area contributed by atoms with E-state index >= 15 is 0 Å². The van der Waals surface area contributed by atoms with Gasteiger partial charge in [-0.25, -0.2) is 0 Å². The van der Waals surface area contributed by atoms with Gasteiger partial charge in [0.15, 0.2) is 11.6 Å². The van der Waals surface area contributed by atoms with E-state index in [-0.39, 0.29) is 18.1 Å². The number of pyridine rings is 1. The minimum Gasteiger partial charge on any atom is -0.392 e. The molecule has 0 spiro atoms. The van der Waals surface area contributed by atoms with E-state index in [9.17, 15) is 9.90 Å². The SMILES string of the molecule is CC(C)CC(=O)N1CCn2c(nnc2[C@@H]2C[C@@H](O)CN2Cc2ccncc2)C1. The number of aromatic nitrogens is 4. The van der Waals surface area contributed by atoms with Gasteiger partial charge in [-0.3, -0.25) is 14.7 Å². The predicted octanol–water partition coefficient (Wildman–Crippen LogP) is 1.37. The Balaban J connectivity index is 1.51. The lowest BCUT2D eigenvalue weighted by molar-refractivity contribution is -0.133. The van der Waals surface area contributed by atoms with Crippen LogP contribution in [0.4, 0.5) is 0 Å². The van der Waals surface area contributed by atoms with E-state index < -0.39 is 0 Å². The van der Waals surface area contributed by atoms with E-state index in [0.717, 1.165) is 23.8 Å². The highest BCUT2D eigenvalue weighted by Gasteiger charge is 2.37. The van der Waals surface area contributed by atoms with E-state index in [1.807, 2.05) is 17.0 Å². The molecule has 0 bridgehead atoms. The van der Waals surface area contributed by atoms with E-state index in [2.05, 4.69) is 38.5 Å². The number of aliphatic hydroxyl groups excluding tert-OH is 1. The predicted molar refractivity (Wildman–Crippen MR) is 103 cm³/mol. The number of β-amino-alcohol motifs (C(OH)–C–C–N with tert-alkyl or cyclic N) is 1. The van der Waals surface area contributed by atoms with Crippen LogP contribution in [0, 0.1) is 5.92 Å². The van der Waals surface area contributed by atoms with Crippen LogP contribution >= 0.6 is 0 Å². The van der Waals surface area contributed by atoms with Crippen LogP contribution in [0.15, 0.2) is 24.5 Å². The van der Waals surface area contributed by atoms with Crippen molar-refractivity contribution in [2.45, 2.75) is 58.5 Å². The number of rotatable bonds is 5. The highest BCUT2D eigenvalue weighted by atomic mass is 16.3. The standard InChI is InChI=1S/C20H28N6O2/c1-14(2)9-19(28)24-7-8-26-18(13-24)22-23-20(26)17-10-16(27)12-25(17)11-15-3-5-21-6-4-15/h3-6,14,16-17,27H,7-13H2,1-2H3/t16-,17+/m1/s1. The highest BCUT2D eigenvalue weighted by molar-refractivity contribution is 5.76. The summed E-state index contributed by atoms with van der Waals surface area (Å²) in [6, 6.07) is 4.03. The number of fused-ring (bicyclic) bond motifs is 1. The zero-order valence-electron chi connectivity index (χ0n) is 16.5. The van der Waals surface area contributed by atoms with Crippen LogP contribution in [0.3, 0.4) is 0 Å². The lowest BCUT2D eigenvalue weighted by atomic mass is 10.1. The molecule has 4 rings (SSSR count). The third-order valence-electron chi connectivity index (χ3n) is 5.53. The number of amides is 1. The summed E-state index contributed by atoms with van der Waals surface area (Å²) in [4.78, 5) is 20.6. The summed E-state index contributed by atoms with van der Waals surface area (Å²) in [6.07, 6.45) is 4.43. The highest BCUT2D eigenvalue weighted by Crippen LogP contribution is 2.33. The number of carbonyl (C=O) groups is 1. The third-order valence-corrected chi connectivity index (χ3v) is 5.53. The number of likely N-dealkylation sites (tertiary alicyclic amines) is 1. The monoisotopic (exact) mass is 384 g/mol. The first kappa shape index (κ1) is 19.0. The summed E-state index contributed by atoms with van der Waals surface area (Å²) in [5.74, 6) is 2.27. The van der Waals surface area contributed by atoms with Gasteiger partial charge in [0, 0.05) is 45.0 Å². The Morgan fingerprint density at radius 3 is 2.79 bits per heavy atom. The Bertz CT molecular complexity index is 821. The van der Waals surface area contributed by atoms with Crippen LogP contribution in [-0.4, -0.2) is 59.8 Å². The molecule has 2 aliphatic rings. The Kier molecular flexibility index (Phi) is 5.41. The van der Waals surface area contributed by atoms with Crippen LogP contribution < -0.4 is 0 Å². The molecule has 1 N–H and O–H groups in total. The van der Waals surface area contributed by atoms with Crippen molar-refractivity contribution in [2.75, 3.05) is 13.1 Å². The summed E-state index contributed by atoms with van der Waals surface area (Å²) in [6.45, 7) is 7.38. The largest absolute Gasteiger partial charge is 0.392 e. The van der Waals surface area contributed by atoms with Crippen molar-refractivity contribution in [3.8, 4) is 0 Å². The van der Waals surface area contributed by atoms with Crippen molar-refractivity contribution in [1.29, 1.82) is 0 Å². The molecular formula is C20H28N6O2. The second-order valence-electron chi connectivity index (χ2n) is 8.23. The zero-order chi connectivity index (χ0) is 19.7. The van der Waals surface area contributed by atoms with Gasteiger partial charge in [0.05, 0.1) is 18.7 Å². The average molecular weight is 384 g/mol. The van der Waals surface area contributed by atoms with Crippen LogP contribution in [0.5, 0.6) is 0 Å².